The van der Waals surface area contributed by atoms with Crippen LogP contribution in [0.15, 0.2) is 39.4 Å². The Balaban J connectivity index is 1.40. The van der Waals surface area contributed by atoms with Crippen LogP contribution in [0.4, 0.5) is 0 Å². The highest BCUT2D eigenvalue weighted by Crippen LogP contribution is 2.60. The van der Waals surface area contributed by atoms with Crippen molar-refractivity contribution in [2.24, 2.45) is 23.2 Å². The fourth-order valence-electron chi connectivity index (χ4n) is 6.99. The maximum Gasteiger partial charge on any atom is 0.336 e. The van der Waals surface area contributed by atoms with Gasteiger partial charge in [-0.15, -0.1) is 11.3 Å². The lowest BCUT2D eigenvalue weighted by atomic mass is 9.48. The highest BCUT2D eigenvalue weighted by atomic mass is 32.2. The molecule has 4 aliphatic carbocycles. The molecule has 4 bridgehead atoms. The molecule has 0 aromatic carbocycles. The fourth-order valence-corrected chi connectivity index (χ4v) is 8.96. The molecule has 1 aliphatic heterocycles. The number of Topliss-reactive ketones (excluding diaryl/α,β-unsaturated/α-hetero) is 1. The van der Waals surface area contributed by atoms with Crippen LogP contribution in [-0.2, 0) is 14.3 Å². The average molecular weight is 483 g/mol. The fraction of sp³-hybridized carbons (Fsp3) is 0.577. The Hall–Kier alpha value is -2.04. The predicted octanol–water partition coefficient (Wildman–Crippen LogP) is 5.53. The van der Waals surface area contributed by atoms with Gasteiger partial charge in [0.2, 0.25) is 0 Å². The van der Waals surface area contributed by atoms with Crippen LogP contribution in [0.2, 0.25) is 0 Å². The number of dihydropyridines is 1. The van der Waals surface area contributed by atoms with Crippen molar-refractivity contribution >= 4 is 34.9 Å². The minimum atomic E-state index is -0.465. The quantitative estimate of drug-likeness (QED) is 0.515. The van der Waals surface area contributed by atoms with Crippen molar-refractivity contribution < 1.29 is 14.3 Å². The van der Waals surface area contributed by atoms with Gasteiger partial charge in [0.25, 0.3) is 0 Å². The largest absolute Gasteiger partial charge is 0.463 e. The standard InChI is InChI=1S/C26H30N2O3S2/c1-3-31-25(30)22-15(2)28-24(19(13-27)23(22)20-5-4-6-32-20)33-14-21(29)26-10-16-7-17(11-26)9-18(8-16)12-26/h4-6,16-18,23,28H,3,7-12,14H2,1-2H3. The highest BCUT2D eigenvalue weighted by Gasteiger charge is 2.54. The number of hydrogen-bond donors (Lipinski definition) is 1. The van der Waals surface area contributed by atoms with E-state index in [0.717, 1.165) is 41.9 Å². The number of allylic oxidation sites excluding steroid dienone is 2. The van der Waals surface area contributed by atoms with Gasteiger partial charge in [-0.25, -0.2) is 4.79 Å². The number of rotatable bonds is 7. The summed E-state index contributed by atoms with van der Waals surface area (Å²) in [6, 6.07) is 6.23. The molecule has 1 aromatic heterocycles. The third-order valence-electron chi connectivity index (χ3n) is 7.95. The van der Waals surface area contributed by atoms with Gasteiger partial charge in [0.05, 0.1) is 40.5 Å². The van der Waals surface area contributed by atoms with E-state index in [2.05, 4.69) is 11.4 Å². The molecule has 0 radical (unpaired) electrons. The number of ketones is 1. The third kappa shape index (κ3) is 4.06. The summed E-state index contributed by atoms with van der Waals surface area (Å²) in [6.07, 6.45) is 7.11. The van der Waals surface area contributed by atoms with E-state index in [1.807, 2.05) is 24.4 Å². The van der Waals surface area contributed by atoms with Crippen LogP contribution in [0, 0.1) is 34.5 Å². The van der Waals surface area contributed by atoms with Crippen molar-refractivity contribution in [1.29, 1.82) is 5.26 Å². The predicted molar refractivity (Wildman–Crippen MR) is 130 cm³/mol. The van der Waals surface area contributed by atoms with Gasteiger partial charge >= 0.3 is 5.97 Å². The molecule has 0 spiro atoms. The lowest BCUT2D eigenvalue weighted by Crippen LogP contribution is -2.50. The SMILES string of the molecule is CCOC(=O)C1=C(C)NC(SCC(=O)C23CC4CC(CC(C4)C2)C3)=C(C#N)C1c1cccs1. The zero-order chi connectivity index (χ0) is 23.2. The number of nitrogens with one attached hydrogen (secondary N) is 1. The first-order valence-electron chi connectivity index (χ1n) is 11.9. The number of esters is 1. The molecular weight excluding hydrogens is 452 g/mol. The van der Waals surface area contributed by atoms with E-state index in [1.54, 1.807) is 6.92 Å². The second-order valence-electron chi connectivity index (χ2n) is 10.1. The van der Waals surface area contributed by atoms with E-state index in [-0.39, 0.29) is 12.0 Å². The molecule has 174 valence electrons. The van der Waals surface area contributed by atoms with Crippen LogP contribution in [-0.4, -0.2) is 24.1 Å². The van der Waals surface area contributed by atoms with E-state index in [9.17, 15) is 14.9 Å². The second-order valence-corrected chi connectivity index (χ2v) is 12.1. The van der Waals surface area contributed by atoms with Crippen molar-refractivity contribution in [3.05, 3.63) is 44.3 Å². The van der Waals surface area contributed by atoms with Crippen molar-refractivity contribution in [2.45, 2.75) is 58.3 Å². The summed E-state index contributed by atoms with van der Waals surface area (Å²) in [5.74, 6) is 2.05. The first-order valence-corrected chi connectivity index (χ1v) is 13.8. The molecule has 1 aromatic rings. The van der Waals surface area contributed by atoms with E-state index >= 15 is 0 Å². The topological polar surface area (TPSA) is 79.2 Å². The minimum absolute atomic E-state index is 0.141. The first-order chi connectivity index (χ1) is 15.9. The van der Waals surface area contributed by atoms with Gasteiger partial charge in [0.1, 0.15) is 5.78 Å². The van der Waals surface area contributed by atoms with Crippen molar-refractivity contribution in [3.8, 4) is 6.07 Å². The summed E-state index contributed by atoms with van der Waals surface area (Å²) in [6.45, 7) is 3.91. The summed E-state index contributed by atoms with van der Waals surface area (Å²) in [7, 11) is 0. The molecule has 1 N–H and O–H groups in total. The van der Waals surface area contributed by atoms with Gasteiger partial charge in [-0.05, 0) is 81.6 Å². The molecule has 0 saturated heterocycles. The monoisotopic (exact) mass is 482 g/mol. The minimum Gasteiger partial charge on any atom is -0.463 e. The maximum atomic E-state index is 13.5. The van der Waals surface area contributed by atoms with Gasteiger partial charge in [0.15, 0.2) is 0 Å². The zero-order valence-corrected chi connectivity index (χ0v) is 20.8. The molecule has 5 nitrogen and oxygen atoms in total. The van der Waals surface area contributed by atoms with E-state index in [0.29, 0.717) is 33.4 Å². The molecule has 2 heterocycles. The van der Waals surface area contributed by atoms with Crippen LogP contribution in [0.25, 0.3) is 0 Å². The van der Waals surface area contributed by atoms with Gasteiger partial charge < -0.3 is 10.1 Å². The number of ether oxygens (including phenoxy) is 1. The molecule has 6 rings (SSSR count). The Morgan fingerprint density at radius 3 is 2.45 bits per heavy atom. The molecule has 5 aliphatic rings. The molecule has 1 unspecified atom stereocenters. The lowest BCUT2D eigenvalue weighted by molar-refractivity contribution is -0.141. The first kappa shape index (κ1) is 22.7. The van der Waals surface area contributed by atoms with E-state index in [1.165, 1.54) is 42.4 Å². The smallest absolute Gasteiger partial charge is 0.336 e. The van der Waals surface area contributed by atoms with Crippen LogP contribution < -0.4 is 5.32 Å². The highest BCUT2D eigenvalue weighted by molar-refractivity contribution is 8.03. The summed E-state index contributed by atoms with van der Waals surface area (Å²) < 4.78 is 5.32. The van der Waals surface area contributed by atoms with E-state index < -0.39 is 11.9 Å². The Morgan fingerprint density at radius 1 is 1.24 bits per heavy atom. The van der Waals surface area contributed by atoms with Gasteiger partial charge in [-0.3, -0.25) is 4.79 Å². The number of thiophene rings is 1. The molecule has 7 heteroatoms. The van der Waals surface area contributed by atoms with Gasteiger partial charge in [-0.2, -0.15) is 5.26 Å². The molecule has 1 atom stereocenters. The normalized spacial score (nSPS) is 32.5. The molecule has 0 amide bonds. The Labute approximate surface area is 203 Å². The van der Waals surface area contributed by atoms with Crippen molar-refractivity contribution in [2.75, 3.05) is 12.4 Å². The summed E-state index contributed by atoms with van der Waals surface area (Å²) >= 11 is 2.96. The molecule has 4 saturated carbocycles. The Morgan fingerprint density at radius 2 is 1.91 bits per heavy atom. The number of thioether (sulfide) groups is 1. The molecular formula is C26H30N2O3S2. The maximum absolute atomic E-state index is 13.5. The van der Waals surface area contributed by atoms with Crippen molar-refractivity contribution in [1.82, 2.24) is 5.32 Å². The van der Waals surface area contributed by atoms with Crippen LogP contribution in [0.3, 0.4) is 0 Å². The van der Waals surface area contributed by atoms with Gasteiger partial charge in [-0.1, -0.05) is 17.8 Å². The van der Waals surface area contributed by atoms with E-state index in [4.69, 9.17) is 4.74 Å². The number of nitriles is 1. The summed E-state index contributed by atoms with van der Waals surface area (Å²) in [5.41, 5.74) is 1.52. The summed E-state index contributed by atoms with van der Waals surface area (Å²) in [4.78, 5) is 27.3. The number of nitrogens with zero attached hydrogens (tertiary/aromatic N) is 1. The van der Waals surface area contributed by atoms with Gasteiger partial charge in [0, 0.05) is 16.0 Å². The zero-order valence-electron chi connectivity index (χ0n) is 19.2. The number of hydrogen-bond acceptors (Lipinski definition) is 7. The van der Waals surface area contributed by atoms with Crippen molar-refractivity contribution in [3.63, 3.8) is 0 Å². The van der Waals surface area contributed by atoms with Crippen LogP contribution in [0.1, 0.15) is 63.2 Å². The average Bonchev–Trinajstić information content (AvgIpc) is 3.30. The Bertz CT molecular complexity index is 1030. The van der Waals surface area contributed by atoms with Crippen LogP contribution in [0.5, 0.6) is 0 Å². The molecule has 4 fully saturated rings. The number of carbonyl (C=O) groups excluding carboxylic acids is 2. The second kappa shape index (κ2) is 8.96. The van der Waals surface area contributed by atoms with Crippen LogP contribution >= 0.6 is 23.1 Å². The Kier molecular flexibility index (Phi) is 6.17. The number of carbonyl (C=O) groups is 2. The summed E-state index contributed by atoms with van der Waals surface area (Å²) in [5, 5.41) is 16.1. The molecule has 33 heavy (non-hydrogen) atoms. The lowest BCUT2D eigenvalue weighted by Gasteiger charge is -2.56. The third-order valence-corrected chi connectivity index (χ3v) is 9.90.